The first-order valence-corrected chi connectivity index (χ1v) is 11.5. The lowest BCUT2D eigenvalue weighted by Crippen LogP contribution is -2.17. The minimum atomic E-state index is -4.00. The Labute approximate surface area is 196 Å². The fraction of sp³-hybridized carbons (Fsp3) is 0.0400. The summed E-state index contributed by atoms with van der Waals surface area (Å²) in [6.07, 6.45) is 1.39. The highest BCUT2D eigenvalue weighted by atomic mass is 32.2. The average molecular weight is 477 g/mol. The zero-order valence-electron chi connectivity index (χ0n) is 18.0. The van der Waals surface area contributed by atoms with Crippen molar-refractivity contribution in [3.63, 3.8) is 0 Å². The van der Waals surface area contributed by atoms with Crippen LogP contribution in [0.1, 0.15) is 15.9 Å². The van der Waals surface area contributed by atoms with Crippen molar-refractivity contribution in [3.05, 3.63) is 96.1 Å². The van der Waals surface area contributed by atoms with Gasteiger partial charge in [-0.3, -0.25) is 4.79 Å². The molecule has 0 fully saturated rings. The maximum Gasteiger partial charge on any atom is 0.339 e. The molecular formula is C25H20N2O6S. The lowest BCUT2D eigenvalue weighted by Gasteiger charge is -2.08. The van der Waals surface area contributed by atoms with Gasteiger partial charge in [-0.15, -0.1) is 0 Å². The van der Waals surface area contributed by atoms with Gasteiger partial charge in [-0.25, -0.2) is 5.43 Å². The van der Waals surface area contributed by atoms with Crippen LogP contribution >= 0.6 is 0 Å². The molecule has 0 aliphatic carbocycles. The Bertz CT molecular complexity index is 1460. The molecule has 1 amide bonds. The summed E-state index contributed by atoms with van der Waals surface area (Å²) in [5.41, 5.74) is 3.06. The third kappa shape index (κ3) is 5.16. The molecule has 34 heavy (non-hydrogen) atoms. The number of hydrogen-bond acceptors (Lipinski definition) is 7. The van der Waals surface area contributed by atoms with Crippen molar-refractivity contribution in [2.24, 2.45) is 5.10 Å². The number of benzene rings is 4. The highest BCUT2D eigenvalue weighted by Gasteiger charge is 2.16. The van der Waals surface area contributed by atoms with E-state index in [9.17, 15) is 18.3 Å². The van der Waals surface area contributed by atoms with Crippen molar-refractivity contribution in [1.29, 1.82) is 0 Å². The van der Waals surface area contributed by atoms with Gasteiger partial charge in [-0.05, 0) is 77.0 Å². The van der Waals surface area contributed by atoms with Gasteiger partial charge in [0, 0.05) is 0 Å². The van der Waals surface area contributed by atoms with Gasteiger partial charge in [0.05, 0.1) is 18.9 Å². The topological polar surface area (TPSA) is 114 Å². The zero-order chi connectivity index (χ0) is 24.1. The minimum absolute atomic E-state index is 0.00130. The molecule has 0 aliphatic rings. The number of carbonyl (C=O) groups excluding carboxylic acids is 1. The molecule has 8 nitrogen and oxygen atoms in total. The minimum Gasteiger partial charge on any atom is -0.507 e. The zero-order valence-corrected chi connectivity index (χ0v) is 18.8. The van der Waals surface area contributed by atoms with E-state index in [4.69, 9.17) is 8.92 Å². The summed E-state index contributed by atoms with van der Waals surface area (Å²) in [5.74, 6) is -0.0559. The molecule has 0 saturated heterocycles. The molecule has 0 saturated carbocycles. The van der Waals surface area contributed by atoms with Gasteiger partial charge in [0.25, 0.3) is 5.91 Å². The van der Waals surface area contributed by atoms with Crippen molar-refractivity contribution in [3.8, 4) is 17.2 Å². The number of phenols is 1. The Balaban J connectivity index is 1.40. The number of aromatic hydroxyl groups is 1. The van der Waals surface area contributed by atoms with Crippen LogP contribution in [-0.2, 0) is 10.1 Å². The highest BCUT2D eigenvalue weighted by Crippen LogP contribution is 2.25. The Hall–Kier alpha value is -4.37. The molecule has 4 aromatic rings. The normalized spacial score (nSPS) is 11.4. The summed E-state index contributed by atoms with van der Waals surface area (Å²) in [6.45, 7) is 0. The van der Waals surface area contributed by atoms with Gasteiger partial charge < -0.3 is 14.0 Å². The van der Waals surface area contributed by atoms with Crippen molar-refractivity contribution in [1.82, 2.24) is 5.43 Å². The number of methoxy groups -OCH3 is 1. The van der Waals surface area contributed by atoms with Gasteiger partial charge in [0.15, 0.2) is 0 Å². The Kier molecular flexibility index (Phi) is 6.46. The summed E-state index contributed by atoms with van der Waals surface area (Å²) in [7, 11) is -2.51. The number of nitrogens with zero attached hydrogens (tertiary/aromatic N) is 1. The Morgan fingerprint density at radius 2 is 1.53 bits per heavy atom. The van der Waals surface area contributed by atoms with Gasteiger partial charge in [0.2, 0.25) is 0 Å². The van der Waals surface area contributed by atoms with E-state index in [1.54, 1.807) is 18.2 Å². The molecule has 172 valence electrons. The monoisotopic (exact) mass is 476 g/mol. The third-order valence-corrected chi connectivity index (χ3v) is 6.18. The predicted molar refractivity (Wildman–Crippen MR) is 128 cm³/mol. The van der Waals surface area contributed by atoms with Crippen molar-refractivity contribution >= 4 is 33.0 Å². The second-order valence-corrected chi connectivity index (χ2v) is 8.74. The number of phenolic OH excluding ortho intramolecular Hbond substituents is 1. The molecule has 9 heteroatoms. The summed E-state index contributed by atoms with van der Waals surface area (Å²) in [6, 6.07) is 22.4. The first-order chi connectivity index (χ1) is 16.4. The van der Waals surface area contributed by atoms with Gasteiger partial charge in [-0.1, -0.05) is 24.3 Å². The number of fused-ring (bicyclic) bond motifs is 1. The fourth-order valence-electron chi connectivity index (χ4n) is 3.16. The second-order valence-electron chi connectivity index (χ2n) is 7.20. The number of hydrogen-bond donors (Lipinski definition) is 2. The molecule has 0 aliphatic heterocycles. The smallest absolute Gasteiger partial charge is 0.339 e. The number of nitrogens with one attached hydrogen (secondary N) is 1. The summed E-state index contributed by atoms with van der Waals surface area (Å²) in [4.78, 5) is 12.4. The largest absolute Gasteiger partial charge is 0.507 e. The van der Waals surface area contributed by atoms with Gasteiger partial charge in [0.1, 0.15) is 22.1 Å². The quantitative estimate of drug-likeness (QED) is 0.236. The van der Waals surface area contributed by atoms with E-state index >= 15 is 0 Å². The first kappa shape index (κ1) is 22.8. The van der Waals surface area contributed by atoms with Crippen molar-refractivity contribution in [2.45, 2.75) is 4.90 Å². The number of hydrazone groups is 1. The maximum absolute atomic E-state index is 12.4. The predicted octanol–water partition coefficient (Wildman–Crippen LogP) is 4.09. The van der Waals surface area contributed by atoms with Crippen molar-refractivity contribution < 1.29 is 27.2 Å². The van der Waals surface area contributed by atoms with E-state index < -0.39 is 16.0 Å². The molecule has 4 aromatic carbocycles. The van der Waals surface area contributed by atoms with E-state index in [1.807, 2.05) is 24.3 Å². The van der Waals surface area contributed by atoms with E-state index in [-0.39, 0.29) is 22.0 Å². The second kappa shape index (κ2) is 9.63. The van der Waals surface area contributed by atoms with Crippen LogP contribution in [0.15, 0.2) is 94.9 Å². The third-order valence-electron chi connectivity index (χ3n) is 4.92. The van der Waals surface area contributed by atoms with E-state index in [0.717, 1.165) is 10.8 Å². The molecular weight excluding hydrogens is 456 g/mol. The van der Waals surface area contributed by atoms with Crippen LogP contribution in [0, 0.1) is 0 Å². The number of carbonyl (C=O) groups is 1. The molecule has 0 unspecified atom stereocenters. The lowest BCUT2D eigenvalue weighted by atomic mass is 10.1. The number of ether oxygens (including phenoxy) is 1. The molecule has 0 radical (unpaired) electrons. The Morgan fingerprint density at radius 1 is 0.912 bits per heavy atom. The SMILES string of the molecule is COc1ccc(S(=O)(=O)Oc2ccc(C=NNC(=O)c3cc4ccccc4cc3O)cc2)cc1. The lowest BCUT2D eigenvalue weighted by molar-refractivity contribution is 0.0952. The summed E-state index contributed by atoms with van der Waals surface area (Å²) >= 11 is 0. The summed E-state index contributed by atoms with van der Waals surface area (Å²) in [5, 5.41) is 15.7. The van der Waals surface area contributed by atoms with Crippen LogP contribution in [0.4, 0.5) is 0 Å². The van der Waals surface area contributed by atoms with Gasteiger partial charge in [-0.2, -0.15) is 13.5 Å². The Morgan fingerprint density at radius 3 is 2.18 bits per heavy atom. The molecule has 0 spiro atoms. The van der Waals surface area contributed by atoms with Crippen LogP contribution in [0.3, 0.4) is 0 Å². The average Bonchev–Trinajstić information content (AvgIpc) is 2.84. The van der Waals surface area contributed by atoms with Crippen LogP contribution in [0.25, 0.3) is 10.8 Å². The molecule has 4 rings (SSSR count). The number of rotatable bonds is 7. The molecule has 2 N–H and O–H groups in total. The van der Waals surface area contributed by atoms with Crippen LogP contribution in [-0.4, -0.2) is 32.8 Å². The maximum atomic E-state index is 12.4. The molecule has 0 heterocycles. The number of amides is 1. The van der Waals surface area contributed by atoms with Crippen molar-refractivity contribution in [2.75, 3.05) is 7.11 Å². The molecule has 0 bridgehead atoms. The fourth-order valence-corrected chi connectivity index (χ4v) is 4.09. The highest BCUT2D eigenvalue weighted by molar-refractivity contribution is 7.87. The summed E-state index contributed by atoms with van der Waals surface area (Å²) < 4.78 is 35.0. The van der Waals surface area contributed by atoms with E-state index in [0.29, 0.717) is 11.3 Å². The first-order valence-electron chi connectivity index (χ1n) is 10.1. The van der Waals surface area contributed by atoms with Crippen LogP contribution in [0.2, 0.25) is 0 Å². The van der Waals surface area contributed by atoms with Gasteiger partial charge >= 0.3 is 10.1 Å². The molecule has 0 atom stereocenters. The van der Waals surface area contributed by atoms with Crippen LogP contribution < -0.4 is 14.3 Å². The van der Waals surface area contributed by atoms with E-state index in [1.165, 1.54) is 55.8 Å². The van der Waals surface area contributed by atoms with E-state index in [2.05, 4.69) is 10.5 Å². The molecule has 0 aromatic heterocycles. The van der Waals surface area contributed by atoms with Crippen LogP contribution in [0.5, 0.6) is 17.2 Å². The standard InChI is InChI=1S/C25H20N2O6S/c1-32-20-10-12-22(13-11-20)34(30,31)33-21-8-6-17(7-9-21)16-26-27-25(29)23-14-18-4-2-3-5-19(18)15-24(23)28/h2-16,28H,1H3,(H,27,29).